The number of hydrogen-bond donors (Lipinski definition) is 1. The van der Waals surface area contributed by atoms with Crippen molar-refractivity contribution in [1.29, 1.82) is 0 Å². The molecule has 0 atom stereocenters. The smallest absolute Gasteiger partial charge is 0.227 e. The van der Waals surface area contributed by atoms with Gasteiger partial charge in [-0.2, -0.15) is 5.10 Å². The van der Waals surface area contributed by atoms with Crippen LogP contribution in [0.5, 0.6) is 0 Å². The number of anilines is 1. The van der Waals surface area contributed by atoms with Crippen molar-refractivity contribution in [3.05, 3.63) is 36.0 Å². The molecule has 24 heavy (non-hydrogen) atoms. The second-order valence-electron chi connectivity index (χ2n) is 6.56. The molecule has 0 unspecified atom stereocenters. The Hall–Kier alpha value is -2.14. The molecule has 5 heteroatoms. The minimum atomic E-state index is 0.225. The van der Waals surface area contributed by atoms with E-state index in [0.717, 1.165) is 43.0 Å². The van der Waals surface area contributed by atoms with Crippen molar-refractivity contribution < 1.29 is 4.79 Å². The first kappa shape index (κ1) is 16.7. The zero-order valence-electron chi connectivity index (χ0n) is 14.6. The molecular weight excluding hydrogens is 300 g/mol. The average molecular weight is 326 g/mol. The molecule has 1 aliphatic rings. The number of nitrogens with one attached hydrogen (secondary N) is 1. The van der Waals surface area contributed by atoms with Crippen LogP contribution in [0.2, 0.25) is 0 Å². The Morgan fingerprint density at radius 3 is 2.75 bits per heavy atom. The summed E-state index contributed by atoms with van der Waals surface area (Å²) in [7, 11) is 2.15. The van der Waals surface area contributed by atoms with Crippen LogP contribution in [0.1, 0.15) is 38.2 Å². The maximum Gasteiger partial charge on any atom is 0.227 e. The number of carbonyl (C=O) groups is 1. The Labute approximate surface area is 143 Å². The highest BCUT2D eigenvalue weighted by molar-refractivity contribution is 5.95. The summed E-state index contributed by atoms with van der Waals surface area (Å²) >= 11 is 0. The molecule has 2 aromatic rings. The fourth-order valence-corrected chi connectivity index (χ4v) is 3.21. The van der Waals surface area contributed by atoms with Gasteiger partial charge in [0.05, 0.1) is 11.9 Å². The van der Waals surface area contributed by atoms with Crippen molar-refractivity contribution in [2.75, 3.05) is 25.0 Å². The Bertz CT molecular complexity index is 677. The minimum Gasteiger partial charge on any atom is -0.312 e. The number of unbranched alkanes of at least 4 members (excludes halogenated alkanes) is 1. The van der Waals surface area contributed by atoms with Gasteiger partial charge in [0.1, 0.15) is 0 Å². The molecule has 0 bridgehead atoms. The second kappa shape index (κ2) is 7.62. The quantitative estimate of drug-likeness (QED) is 0.848. The topological polar surface area (TPSA) is 52.2 Å². The van der Waals surface area contributed by atoms with Crippen molar-refractivity contribution in [3.8, 4) is 11.3 Å². The fraction of sp³-hybridized carbons (Fsp3) is 0.474. The van der Waals surface area contributed by atoms with E-state index in [4.69, 9.17) is 0 Å². The SMILES string of the molecule is CCCCN(C)Cc1cn[nH]c1-c1ccc(N2CCCC2=O)cc1. The van der Waals surface area contributed by atoms with Crippen LogP contribution in [0.15, 0.2) is 30.5 Å². The molecule has 1 aromatic heterocycles. The number of benzene rings is 1. The van der Waals surface area contributed by atoms with Gasteiger partial charge in [0.2, 0.25) is 5.91 Å². The number of carbonyl (C=O) groups excluding carboxylic acids is 1. The minimum absolute atomic E-state index is 0.225. The van der Waals surface area contributed by atoms with Gasteiger partial charge in [-0.1, -0.05) is 25.5 Å². The van der Waals surface area contributed by atoms with E-state index in [9.17, 15) is 4.79 Å². The lowest BCUT2D eigenvalue weighted by Crippen LogP contribution is -2.23. The van der Waals surface area contributed by atoms with Crippen LogP contribution in [0, 0.1) is 0 Å². The first-order valence-corrected chi connectivity index (χ1v) is 8.80. The van der Waals surface area contributed by atoms with Crippen molar-refractivity contribution in [2.45, 2.75) is 39.2 Å². The molecule has 0 spiro atoms. The van der Waals surface area contributed by atoms with Gasteiger partial charge in [-0.25, -0.2) is 0 Å². The summed E-state index contributed by atoms with van der Waals surface area (Å²) in [5.74, 6) is 0.225. The highest BCUT2D eigenvalue weighted by Gasteiger charge is 2.21. The van der Waals surface area contributed by atoms with Crippen LogP contribution in [0.25, 0.3) is 11.3 Å². The van der Waals surface area contributed by atoms with E-state index < -0.39 is 0 Å². The lowest BCUT2D eigenvalue weighted by molar-refractivity contribution is -0.117. The number of aromatic nitrogens is 2. The third kappa shape index (κ3) is 3.67. The third-order valence-electron chi connectivity index (χ3n) is 4.59. The summed E-state index contributed by atoms with van der Waals surface area (Å²) in [6, 6.07) is 8.21. The highest BCUT2D eigenvalue weighted by Crippen LogP contribution is 2.27. The average Bonchev–Trinajstić information content (AvgIpc) is 3.22. The molecule has 1 fully saturated rings. The molecule has 1 saturated heterocycles. The van der Waals surface area contributed by atoms with Gasteiger partial charge in [-0.05, 0) is 38.6 Å². The van der Waals surface area contributed by atoms with E-state index in [1.54, 1.807) is 0 Å². The zero-order valence-corrected chi connectivity index (χ0v) is 14.6. The Balaban J connectivity index is 1.73. The van der Waals surface area contributed by atoms with Crippen molar-refractivity contribution in [1.82, 2.24) is 15.1 Å². The molecule has 0 aliphatic carbocycles. The Morgan fingerprint density at radius 1 is 1.29 bits per heavy atom. The van der Waals surface area contributed by atoms with Crippen molar-refractivity contribution in [3.63, 3.8) is 0 Å². The maximum atomic E-state index is 11.9. The third-order valence-corrected chi connectivity index (χ3v) is 4.59. The molecule has 1 N–H and O–H groups in total. The monoisotopic (exact) mass is 326 g/mol. The zero-order chi connectivity index (χ0) is 16.9. The highest BCUT2D eigenvalue weighted by atomic mass is 16.2. The van der Waals surface area contributed by atoms with Gasteiger partial charge in [0, 0.05) is 36.3 Å². The van der Waals surface area contributed by atoms with E-state index in [1.165, 1.54) is 18.4 Å². The number of H-pyrrole nitrogens is 1. The van der Waals surface area contributed by atoms with Crippen LogP contribution < -0.4 is 4.90 Å². The van der Waals surface area contributed by atoms with Gasteiger partial charge in [-0.15, -0.1) is 0 Å². The van der Waals surface area contributed by atoms with Gasteiger partial charge in [-0.3, -0.25) is 9.89 Å². The molecule has 3 rings (SSSR count). The molecule has 2 heterocycles. The standard InChI is InChI=1S/C19H26N4O/c1-3-4-11-22(2)14-16-13-20-21-19(16)15-7-9-17(10-8-15)23-12-5-6-18(23)24/h7-10,13H,3-6,11-12,14H2,1-2H3,(H,20,21). The largest absolute Gasteiger partial charge is 0.312 e. The fourth-order valence-electron chi connectivity index (χ4n) is 3.21. The molecule has 128 valence electrons. The number of rotatable bonds is 7. The molecule has 0 saturated carbocycles. The molecule has 5 nitrogen and oxygen atoms in total. The van der Waals surface area contributed by atoms with Crippen molar-refractivity contribution >= 4 is 11.6 Å². The Kier molecular flexibility index (Phi) is 5.30. The summed E-state index contributed by atoms with van der Waals surface area (Å²) < 4.78 is 0. The Morgan fingerprint density at radius 2 is 2.08 bits per heavy atom. The first-order chi connectivity index (χ1) is 11.7. The summed E-state index contributed by atoms with van der Waals surface area (Å²) in [5, 5.41) is 7.35. The van der Waals surface area contributed by atoms with Crippen LogP contribution in [-0.4, -0.2) is 41.1 Å². The molecule has 1 aromatic carbocycles. The predicted molar refractivity (Wildman–Crippen MR) is 96.9 cm³/mol. The van der Waals surface area contributed by atoms with Crippen LogP contribution >= 0.6 is 0 Å². The number of hydrogen-bond acceptors (Lipinski definition) is 3. The first-order valence-electron chi connectivity index (χ1n) is 8.80. The number of aromatic amines is 1. The van der Waals surface area contributed by atoms with E-state index in [2.05, 4.69) is 41.2 Å². The van der Waals surface area contributed by atoms with Gasteiger partial charge < -0.3 is 9.80 Å². The molecule has 0 radical (unpaired) electrons. The van der Waals surface area contributed by atoms with Crippen LogP contribution in [0.4, 0.5) is 5.69 Å². The van der Waals surface area contributed by atoms with E-state index >= 15 is 0 Å². The van der Waals surface area contributed by atoms with E-state index in [-0.39, 0.29) is 5.91 Å². The summed E-state index contributed by atoms with van der Waals surface area (Å²) in [6.45, 7) is 5.02. The van der Waals surface area contributed by atoms with E-state index in [1.807, 2.05) is 23.2 Å². The predicted octanol–water partition coefficient (Wildman–Crippen LogP) is 3.44. The summed E-state index contributed by atoms with van der Waals surface area (Å²) in [4.78, 5) is 16.1. The maximum absolute atomic E-state index is 11.9. The number of amides is 1. The van der Waals surface area contributed by atoms with Gasteiger partial charge >= 0.3 is 0 Å². The van der Waals surface area contributed by atoms with Gasteiger partial charge in [0.15, 0.2) is 0 Å². The summed E-state index contributed by atoms with van der Waals surface area (Å²) in [6.07, 6.45) is 5.95. The van der Waals surface area contributed by atoms with Gasteiger partial charge in [0.25, 0.3) is 0 Å². The second-order valence-corrected chi connectivity index (χ2v) is 6.56. The summed E-state index contributed by atoms with van der Waals surface area (Å²) in [5.41, 5.74) is 4.38. The van der Waals surface area contributed by atoms with Crippen LogP contribution in [0.3, 0.4) is 0 Å². The lowest BCUT2D eigenvalue weighted by Gasteiger charge is -2.17. The molecule has 1 amide bonds. The van der Waals surface area contributed by atoms with E-state index in [0.29, 0.717) is 6.42 Å². The van der Waals surface area contributed by atoms with Crippen molar-refractivity contribution in [2.24, 2.45) is 0 Å². The lowest BCUT2D eigenvalue weighted by atomic mass is 10.1. The molecule has 1 aliphatic heterocycles. The van der Waals surface area contributed by atoms with Crippen LogP contribution in [-0.2, 0) is 11.3 Å². The number of nitrogens with zero attached hydrogens (tertiary/aromatic N) is 3. The molecular formula is C19H26N4O. The normalized spacial score (nSPS) is 14.8.